The van der Waals surface area contributed by atoms with Crippen molar-refractivity contribution < 1.29 is 22.8 Å². The Kier molecular flexibility index (Phi) is 13.4. The number of likely N-dealkylation sites (tertiary alicyclic amines) is 1. The van der Waals surface area contributed by atoms with E-state index in [2.05, 4.69) is 5.32 Å². The number of hydrogen-bond acceptors (Lipinski definition) is 7. The topological polar surface area (TPSA) is 153 Å². The van der Waals surface area contributed by atoms with Gasteiger partial charge in [-0.3, -0.25) is 14.4 Å². The van der Waals surface area contributed by atoms with Crippen molar-refractivity contribution in [2.24, 2.45) is 17.4 Å². The molecule has 1 saturated heterocycles. The Morgan fingerprint density at radius 2 is 1.51 bits per heavy atom. The molecule has 0 aromatic heterocycles. The average Bonchev–Trinajstić information content (AvgIpc) is 3.55. The third-order valence-electron chi connectivity index (χ3n) is 8.55. The Morgan fingerprint density at radius 3 is 2.17 bits per heavy atom. The zero-order valence-electron chi connectivity index (χ0n) is 26.3. The molecule has 5 N–H and O–H groups in total. The predicted octanol–water partition coefficient (Wildman–Crippen LogP) is 4.73. The summed E-state index contributed by atoms with van der Waals surface area (Å²) < 4.78 is 26.7. The van der Waals surface area contributed by atoms with Gasteiger partial charge in [0.15, 0.2) is 15.6 Å². The largest absolute Gasteiger partial charge is 0.352 e. The van der Waals surface area contributed by atoms with Gasteiger partial charge in [-0.15, -0.1) is 0 Å². The van der Waals surface area contributed by atoms with Crippen LogP contribution >= 0.6 is 23.2 Å². The van der Waals surface area contributed by atoms with E-state index >= 15 is 0 Å². The molecule has 0 spiro atoms. The highest BCUT2D eigenvalue weighted by molar-refractivity contribution is 7.90. The predicted molar refractivity (Wildman–Crippen MR) is 185 cm³/mol. The SMILES string of the molecule is NCc1ccc(Cl)cc1CCC(=O)[C@@H]1CCCN1C(=O)[C@@H](CCC(=O)NCc1cc(Cl)ccc1CN)CS(=O)(=O)Cc1ccccc1. The van der Waals surface area contributed by atoms with Gasteiger partial charge < -0.3 is 21.7 Å². The Morgan fingerprint density at radius 1 is 0.872 bits per heavy atom. The highest BCUT2D eigenvalue weighted by atomic mass is 35.5. The van der Waals surface area contributed by atoms with Crippen LogP contribution in [0.1, 0.15) is 59.9 Å². The van der Waals surface area contributed by atoms with E-state index in [0.29, 0.717) is 48.0 Å². The monoisotopic (exact) mass is 700 g/mol. The highest BCUT2D eigenvalue weighted by Crippen LogP contribution is 2.26. The van der Waals surface area contributed by atoms with Crippen molar-refractivity contribution in [3.63, 3.8) is 0 Å². The van der Waals surface area contributed by atoms with Crippen LogP contribution in [0.3, 0.4) is 0 Å². The number of nitrogens with one attached hydrogen (secondary N) is 1. The zero-order valence-corrected chi connectivity index (χ0v) is 28.6. The molecular formula is C35H42Cl2N4O5S. The standard InChI is InChI=1S/C35H42Cl2N4O5S/c36-30-12-8-26(19-38)25(17-30)10-14-33(42)32-7-4-16-41(32)35(44)28(23-47(45,46)22-24-5-2-1-3-6-24)11-15-34(43)40-21-29-18-31(37)13-9-27(29)20-39/h1-3,5-6,8-9,12-13,17-18,28,32H,4,7,10-11,14-16,19-23,38-39H2,(H,40,43)/t28-,32-/m0/s1. The molecule has 1 heterocycles. The minimum absolute atomic E-state index is 0.0117. The third kappa shape index (κ3) is 10.6. The molecule has 3 aromatic carbocycles. The maximum Gasteiger partial charge on any atom is 0.227 e. The third-order valence-corrected chi connectivity index (χ3v) is 10.7. The van der Waals surface area contributed by atoms with Crippen molar-refractivity contribution in [1.82, 2.24) is 10.2 Å². The molecule has 0 aliphatic carbocycles. The molecule has 252 valence electrons. The number of aryl methyl sites for hydroxylation is 1. The van der Waals surface area contributed by atoms with E-state index in [-0.39, 0.29) is 49.8 Å². The van der Waals surface area contributed by atoms with E-state index in [9.17, 15) is 22.8 Å². The van der Waals surface area contributed by atoms with Crippen LogP contribution in [-0.2, 0) is 56.0 Å². The first-order valence-corrected chi connectivity index (χ1v) is 18.4. The van der Waals surface area contributed by atoms with Gasteiger partial charge in [0.1, 0.15) is 0 Å². The summed E-state index contributed by atoms with van der Waals surface area (Å²) in [5.74, 6) is -2.51. The minimum atomic E-state index is -3.74. The fourth-order valence-electron chi connectivity index (χ4n) is 6.07. The summed E-state index contributed by atoms with van der Waals surface area (Å²) >= 11 is 12.3. The number of sulfone groups is 1. The normalized spacial score (nSPS) is 15.4. The van der Waals surface area contributed by atoms with Gasteiger partial charge in [0.25, 0.3) is 0 Å². The van der Waals surface area contributed by atoms with Crippen LogP contribution < -0.4 is 16.8 Å². The molecule has 0 bridgehead atoms. The van der Waals surface area contributed by atoms with E-state index in [1.54, 1.807) is 60.7 Å². The van der Waals surface area contributed by atoms with Gasteiger partial charge in [0.2, 0.25) is 11.8 Å². The number of nitrogens with zero attached hydrogens (tertiary/aromatic N) is 1. The molecular weight excluding hydrogens is 659 g/mol. The molecule has 12 heteroatoms. The fourth-order valence-corrected chi connectivity index (χ4v) is 8.20. The van der Waals surface area contributed by atoms with Crippen LogP contribution in [0.25, 0.3) is 0 Å². The van der Waals surface area contributed by atoms with E-state index in [0.717, 1.165) is 22.3 Å². The van der Waals surface area contributed by atoms with Gasteiger partial charge in [-0.2, -0.15) is 0 Å². The minimum Gasteiger partial charge on any atom is -0.352 e. The Balaban J connectivity index is 1.46. The van der Waals surface area contributed by atoms with Gasteiger partial charge >= 0.3 is 0 Å². The second-order valence-electron chi connectivity index (χ2n) is 11.9. The second kappa shape index (κ2) is 17.2. The van der Waals surface area contributed by atoms with Crippen molar-refractivity contribution in [3.8, 4) is 0 Å². The Hall–Kier alpha value is -3.28. The molecule has 47 heavy (non-hydrogen) atoms. The van der Waals surface area contributed by atoms with Crippen LogP contribution in [0.2, 0.25) is 10.0 Å². The number of benzene rings is 3. The van der Waals surface area contributed by atoms with Crippen LogP contribution in [0.4, 0.5) is 0 Å². The molecule has 9 nitrogen and oxygen atoms in total. The summed E-state index contributed by atoms with van der Waals surface area (Å²) in [4.78, 5) is 42.0. The number of hydrogen-bond donors (Lipinski definition) is 3. The van der Waals surface area contributed by atoms with Gasteiger partial charge in [-0.25, -0.2) is 8.42 Å². The molecule has 2 atom stereocenters. The van der Waals surface area contributed by atoms with E-state index in [1.165, 1.54) is 4.90 Å². The summed E-state index contributed by atoms with van der Waals surface area (Å²) in [5.41, 5.74) is 15.7. The molecule has 3 aromatic rings. The number of nitrogens with two attached hydrogens (primary N) is 2. The molecule has 0 radical (unpaired) electrons. The van der Waals surface area contributed by atoms with Crippen molar-refractivity contribution in [3.05, 3.63) is 105 Å². The van der Waals surface area contributed by atoms with Crippen molar-refractivity contribution in [2.75, 3.05) is 12.3 Å². The number of carbonyl (C=O) groups is 3. The zero-order chi connectivity index (χ0) is 34.0. The highest BCUT2D eigenvalue weighted by Gasteiger charge is 2.38. The van der Waals surface area contributed by atoms with Gasteiger partial charge in [0.05, 0.1) is 23.5 Å². The van der Waals surface area contributed by atoms with Gasteiger partial charge in [0, 0.05) is 49.1 Å². The Bertz CT molecular complexity index is 1670. The lowest BCUT2D eigenvalue weighted by molar-refractivity contribution is -0.140. The summed E-state index contributed by atoms with van der Waals surface area (Å²) in [6.07, 6.45) is 1.68. The van der Waals surface area contributed by atoms with Crippen LogP contribution in [0.15, 0.2) is 66.7 Å². The molecule has 4 rings (SSSR count). The number of halogens is 2. The van der Waals surface area contributed by atoms with Gasteiger partial charge in [-0.05, 0) is 77.8 Å². The van der Waals surface area contributed by atoms with Crippen molar-refractivity contribution in [2.45, 2.75) is 70.0 Å². The second-order valence-corrected chi connectivity index (χ2v) is 14.9. The maximum atomic E-state index is 14.0. The first-order valence-electron chi connectivity index (χ1n) is 15.8. The summed E-state index contributed by atoms with van der Waals surface area (Å²) in [6.45, 7) is 1.13. The fraction of sp³-hybridized carbons (Fsp3) is 0.400. The van der Waals surface area contributed by atoms with Crippen LogP contribution in [-0.4, -0.2) is 49.3 Å². The number of ketones is 1. The first-order chi connectivity index (χ1) is 22.5. The summed E-state index contributed by atoms with van der Waals surface area (Å²) in [5, 5.41) is 3.91. The van der Waals surface area contributed by atoms with Gasteiger partial charge in [-0.1, -0.05) is 65.7 Å². The molecule has 1 aliphatic heterocycles. The lowest BCUT2D eigenvalue weighted by atomic mass is 9.97. The first kappa shape index (κ1) is 36.6. The Labute approximate surface area is 286 Å². The van der Waals surface area contributed by atoms with Crippen LogP contribution in [0.5, 0.6) is 0 Å². The smallest absolute Gasteiger partial charge is 0.227 e. The molecule has 0 unspecified atom stereocenters. The average molecular weight is 702 g/mol. The number of Topliss-reactive ketones (excluding diaryl/α,β-unsaturated/α-hetero) is 1. The quantitative estimate of drug-likeness (QED) is 0.195. The number of carbonyl (C=O) groups excluding carboxylic acids is 3. The number of amides is 2. The molecule has 2 amide bonds. The summed E-state index contributed by atoms with van der Waals surface area (Å²) in [6, 6.07) is 18.8. The molecule has 0 saturated carbocycles. The van der Waals surface area contributed by atoms with Crippen molar-refractivity contribution >= 4 is 50.6 Å². The van der Waals surface area contributed by atoms with E-state index in [4.69, 9.17) is 34.7 Å². The van der Waals surface area contributed by atoms with E-state index in [1.807, 2.05) is 6.07 Å². The molecule has 1 aliphatic rings. The van der Waals surface area contributed by atoms with E-state index < -0.39 is 33.5 Å². The maximum absolute atomic E-state index is 14.0. The summed E-state index contributed by atoms with van der Waals surface area (Å²) in [7, 11) is -3.74. The molecule has 1 fully saturated rings. The number of rotatable bonds is 16. The lowest BCUT2D eigenvalue weighted by Crippen LogP contribution is -2.45. The van der Waals surface area contributed by atoms with Crippen molar-refractivity contribution in [1.29, 1.82) is 0 Å². The van der Waals surface area contributed by atoms with Crippen LogP contribution in [0, 0.1) is 5.92 Å². The lowest BCUT2D eigenvalue weighted by Gasteiger charge is -2.28.